The minimum absolute atomic E-state index is 0.0572. The average Bonchev–Trinajstić information content (AvgIpc) is 2.70. The molecule has 0 radical (unpaired) electrons. The molecule has 1 aromatic rings. The van der Waals surface area contributed by atoms with Gasteiger partial charge in [0.15, 0.2) is 0 Å². The van der Waals surface area contributed by atoms with E-state index in [1.807, 2.05) is 9.80 Å². The summed E-state index contributed by atoms with van der Waals surface area (Å²) >= 11 is 11.8. The van der Waals surface area contributed by atoms with E-state index < -0.39 is 0 Å². The third-order valence-corrected chi connectivity index (χ3v) is 6.38. The summed E-state index contributed by atoms with van der Waals surface area (Å²) in [6.45, 7) is 5.55. The van der Waals surface area contributed by atoms with Gasteiger partial charge in [-0.15, -0.1) is 0 Å². The lowest BCUT2D eigenvalue weighted by Crippen LogP contribution is -2.47. The first kappa shape index (κ1) is 21.3. The fourth-order valence-electron chi connectivity index (χ4n) is 4.00. The number of benzene rings is 1. The quantitative estimate of drug-likeness (QED) is 0.706. The van der Waals surface area contributed by atoms with Crippen LogP contribution in [0.2, 0.25) is 10.0 Å². The van der Waals surface area contributed by atoms with E-state index in [4.69, 9.17) is 27.9 Å². The number of piperidine rings is 2. The van der Waals surface area contributed by atoms with Gasteiger partial charge in [0, 0.05) is 38.2 Å². The summed E-state index contributed by atoms with van der Waals surface area (Å²) in [5.41, 5.74) is 0. The van der Waals surface area contributed by atoms with Crippen molar-refractivity contribution in [2.24, 2.45) is 11.8 Å². The van der Waals surface area contributed by atoms with Crippen molar-refractivity contribution in [1.82, 2.24) is 9.80 Å². The summed E-state index contributed by atoms with van der Waals surface area (Å²) in [4.78, 5) is 29.0. The minimum atomic E-state index is 0.0572. The van der Waals surface area contributed by atoms with Crippen LogP contribution in [0.3, 0.4) is 0 Å². The Hall–Kier alpha value is -1.46. The van der Waals surface area contributed by atoms with Crippen molar-refractivity contribution in [3.63, 3.8) is 0 Å². The number of hydrogen-bond donors (Lipinski definition) is 0. The number of halogens is 2. The normalized spacial score (nSPS) is 20.9. The van der Waals surface area contributed by atoms with Gasteiger partial charge in [0.1, 0.15) is 5.75 Å². The van der Waals surface area contributed by atoms with Crippen LogP contribution in [0.15, 0.2) is 18.2 Å². The molecule has 2 aliphatic rings. The van der Waals surface area contributed by atoms with Gasteiger partial charge in [-0.3, -0.25) is 9.59 Å². The van der Waals surface area contributed by atoms with E-state index >= 15 is 0 Å². The number of nitrogens with zero attached hydrogens (tertiary/aromatic N) is 2. The molecule has 0 saturated carbocycles. The van der Waals surface area contributed by atoms with Crippen molar-refractivity contribution in [3.8, 4) is 5.75 Å². The van der Waals surface area contributed by atoms with Gasteiger partial charge < -0.3 is 14.5 Å². The molecule has 0 aromatic heterocycles. The van der Waals surface area contributed by atoms with E-state index in [-0.39, 0.29) is 17.7 Å². The molecule has 28 heavy (non-hydrogen) atoms. The molecule has 0 aliphatic carbocycles. The Morgan fingerprint density at radius 1 is 1.07 bits per heavy atom. The summed E-state index contributed by atoms with van der Waals surface area (Å²) in [5.74, 6) is 1.60. The third kappa shape index (κ3) is 5.54. The van der Waals surface area contributed by atoms with E-state index in [0.29, 0.717) is 47.8 Å². The van der Waals surface area contributed by atoms with E-state index in [9.17, 15) is 9.59 Å². The van der Waals surface area contributed by atoms with Crippen LogP contribution in [0.1, 0.15) is 39.0 Å². The molecule has 3 rings (SSSR count). The highest BCUT2D eigenvalue weighted by atomic mass is 35.5. The van der Waals surface area contributed by atoms with Gasteiger partial charge in [-0.2, -0.15) is 0 Å². The first-order valence-corrected chi connectivity index (χ1v) is 10.8. The molecule has 2 heterocycles. The van der Waals surface area contributed by atoms with Gasteiger partial charge in [0.2, 0.25) is 11.8 Å². The highest BCUT2D eigenvalue weighted by Crippen LogP contribution is 2.27. The molecular weight excluding hydrogens is 399 g/mol. The molecule has 2 saturated heterocycles. The highest BCUT2D eigenvalue weighted by Gasteiger charge is 2.31. The first-order chi connectivity index (χ1) is 13.4. The van der Waals surface area contributed by atoms with Gasteiger partial charge in [0.25, 0.3) is 0 Å². The molecule has 5 nitrogen and oxygen atoms in total. The lowest BCUT2D eigenvalue weighted by atomic mass is 9.92. The molecule has 0 spiro atoms. The number of amides is 2. The zero-order chi connectivity index (χ0) is 20.1. The summed E-state index contributed by atoms with van der Waals surface area (Å²) < 4.78 is 5.60. The molecule has 1 atom stereocenters. The van der Waals surface area contributed by atoms with Crippen LogP contribution in [0.5, 0.6) is 5.75 Å². The molecular formula is C21H28Cl2N2O3. The molecule has 1 aromatic carbocycles. The maximum atomic E-state index is 12.7. The van der Waals surface area contributed by atoms with Crippen LogP contribution in [0.4, 0.5) is 0 Å². The minimum Gasteiger partial charge on any atom is -0.493 e. The van der Waals surface area contributed by atoms with Crippen LogP contribution >= 0.6 is 23.2 Å². The molecule has 2 amide bonds. The summed E-state index contributed by atoms with van der Waals surface area (Å²) in [6, 6.07) is 5.05. The Morgan fingerprint density at radius 3 is 2.50 bits per heavy atom. The Bertz CT molecular complexity index is 705. The Balaban J connectivity index is 1.39. The van der Waals surface area contributed by atoms with Crippen molar-refractivity contribution >= 4 is 35.0 Å². The molecule has 7 heteroatoms. The summed E-state index contributed by atoms with van der Waals surface area (Å²) in [7, 11) is 0. The number of carbonyl (C=O) groups is 2. The van der Waals surface area contributed by atoms with Gasteiger partial charge in [-0.1, -0.05) is 30.1 Å². The second-order valence-corrected chi connectivity index (χ2v) is 8.68. The Morgan fingerprint density at radius 2 is 1.82 bits per heavy atom. The number of hydrogen-bond acceptors (Lipinski definition) is 3. The van der Waals surface area contributed by atoms with E-state index in [1.165, 1.54) is 6.42 Å². The van der Waals surface area contributed by atoms with Crippen LogP contribution in [-0.2, 0) is 9.59 Å². The third-order valence-electron chi connectivity index (χ3n) is 5.64. The van der Waals surface area contributed by atoms with Crippen LogP contribution < -0.4 is 4.74 Å². The van der Waals surface area contributed by atoms with Crippen molar-refractivity contribution in [3.05, 3.63) is 28.2 Å². The summed E-state index contributed by atoms with van der Waals surface area (Å²) in [6.07, 6.45) is 4.12. The van der Waals surface area contributed by atoms with Gasteiger partial charge in [-0.05, 0) is 43.7 Å². The molecule has 0 bridgehead atoms. The molecule has 1 unspecified atom stereocenters. The predicted octanol–water partition coefficient (Wildman–Crippen LogP) is 4.26. The first-order valence-electron chi connectivity index (χ1n) is 10.1. The standard InChI is InChI=1S/C21H28Cl2N2O3/c1-15-3-2-9-25(14-15)21(27)16-6-10-24(11-7-16)20(26)8-12-28-17-4-5-18(22)19(23)13-17/h4-5,13,15-16H,2-3,6-12,14H2,1H3. The molecule has 154 valence electrons. The zero-order valence-corrected chi connectivity index (χ0v) is 17.8. The fourth-order valence-corrected chi connectivity index (χ4v) is 4.29. The largest absolute Gasteiger partial charge is 0.493 e. The molecule has 0 N–H and O–H groups in total. The molecule has 2 fully saturated rings. The fraction of sp³-hybridized carbons (Fsp3) is 0.619. The number of carbonyl (C=O) groups excluding carboxylic acids is 2. The topological polar surface area (TPSA) is 49.9 Å². The highest BCUT2D eigenvalue weighted by molar-refractivity contribution is 6.42. The van der Waals surface area contributed by atoms with E-state index in [1.54, 1.807) is 18.2 Å². The Labute approximate surface area is 176 Å². The smallest absolute Gasteiger partial charge is 0.225 e. The second-order valence-electron chi connectivity index (χ2n) is 7.86. The average molecular weight is 427 g/mol. The van der Waals surface area contributed by atoms with Crippen molar-refractivity contribution in [1.29, 1.82) is 0 Å². The maximum absolute atomic E-state index is 12.7. The van der Waals surface area contributed by atoms with E-state index in [0.717, 1.165) is 32.4 Å². The lowest BCUT2D eigenvalue weighted by molar-refractivity contribution is -0.142. The number of likely N-dealkylation sites (tertiary alicyclic amines) is 2. The lowest BCUT2D eigenvalue weighted by Gasteiger charge is -2.37. The van der Waals surface area contributed by atoms with E-state index in [2.05, 4.69) is 6.92 Å². The van der Waals surface area contributed by atoms with Crippen LogP contribution in [0, 0.1) is 11.8 Å². The number of rotatable bonds is 5. The van der Waals surface area contributed by atoms with Crippen molar-refractivity contribution in [2.75, 3.05) is 32.8 Å². The second kappa shape index (κ2) is 9.84. The Kier molecular flexibility index (Phi) is 7.47. The predicted molar refractivity (Wildman–Crippen MR) is 111 cm³/mol. The maximum Gasteiger partial charge on any atom is 0.225 e. The van der Waals surface area contributed by atoms with Gasteiger partial charge >= 0.3 is 0 Å². The van der Waals surface area contributed by atoms with Gasteiger partial charge in [0.05, 0.1) is 23.1 Å². The SMILES string of the molecule is CC1CCCN(C(=O)C2CCN(C(=O)CCOc3ccc(Cl)c(Cl)c3)CC2)C1. The van der Waals surface area contributed by atoms with Crippen molar-refractivity contribution < 1.29 is 14.3 Å². The van der Waals surface area contributed by atoms with Gasteiger partial charge in [-0.25, -0.2) is 0 Å². The molecule has 2 aliphatic heterocycles. The number of ether oxygens (including phenoxy) is 1. The monoisotopic (exact) mass is 426 g/mol. The zero-order valence-electron chi connectivity index (χ0n) is 16.3. The van der Waals surface area contributed by atoms with Crippen LogP contribution in [-0.4, -0.2) is 54.4 Å². The summed E-state index contributed by atoms with van der Waals surface area (Å²) in [5, 5.41) is 0.904. The van der Waals surface area contributed by atoms with Crippen LogP contribution in [0.25, 0.3) is 0 Å². The van der Waals surface area contributed by atoms with Crippen molar-refractivity contribution in [2.45, 2.75) is 39.0 Å².